The molecule has 4 heterocycles. The van der Waals surface area contributed by atoms with Crippen LogP contribution in [0.15, 0.2) is 36.8 Å². The number of fused-ring (bicyclic) bond motifs is 1. The molecule has 33 heavy (non-hydrogen) atoms. The van der Waals surface area contributed by atoms with E-state index in [0.29, 0.717) is 18.4 Å². The summed E-state index contributed by atoms with van der Waals surface area (Å²) in [6.07, 6.45) is 7.35. The SMILES string of the molecule is Nc1ncnc2c1c(-c1cccc(CN3CC(=O)NS3=O)c1)cn2C1CC(CN2CCC2)C1. The summed E-state index contributed by atoms with van der Waals surface area (Å²) in [6.45, 7) is 4.25. The first-order chi connectivity index (χ1) is 16.0. The van der Waals surface area contributed by atoms with Gasteiger partial charge in [-0.2, -0.15) is 4.31 Å². The molecule has 172 valence electrons. The Morgan fingerprint density at radius 1 is 1.21 bits per heavy atom. The maximum absolute atomic E-state index is 12.1. The number of hydrogen-bond acceptors (Lipinski definition) is 6. The van der Waals surface area contributed by atoms with Crippen LogP contribution in [0, 0.1) is 5.92 Å². The summed E-state index contributed by atoms with van der Waals surface area (Å²) in [5, 5.41) is 0.877. The molecule has 2 aromatic heterocycles. The van der Waals surface area contributed by atoms with E-state index in [0.717, 1.165) is 46.5 Å². The van der Waals surface area contributed by atoms with Gasteiger partial charge in [-0.3, -0.25) is 9.52 Å². The first-order valence-electron chi connectivity index (χ1n) is 11.4. The van der Waals surface area contributed by atoms with Crippen molar-refractivity contribution in [2.75, 3.05) is 31.9 Å². The molecule has 2 saturated heterocycles. The fourth-order valence-electron chi connectivity index (χ4n) is 5.18. The van der Waals surface area contributed by atoms with Gasteiger partial charge in [0.15, 0.2) is 11.2 Å². The summed E-state index contributed by atoms with van der Waals surface area (Å²) in [5.74, 6) is 1.01. The van der Waals surface area contributed by atoms with Crippen molar-refractivity contribution in [3.8, 4) is 11.1 Å². The molecule has 3 N–H and O–H groups in total. The van der Waals surface area contributed by atoms with Gasteiger partial charge < -0.3 is 15.2 Å². The Morgan fingerprint density at radius 2 is 2.06 bits per heavy atom. The lowest BCUT2D eigenvalue weighted by Crippen LogP contribution is -2.43. The van der Waals surface area contributed by atoms with E-state index in [-0.39, 0.29) is 12.5 Å². The number of nitrogens with one attached hydrogen (secondary N) is 1. The van der Waals surface area contributed by atoms with Crippen LogP contribution in [0.4, 0.5) is 5.82 Å². The van der Waals surface area contributed by atoms with E-state index in [2.05, 4.69) is 36.4 Å². The number of benzene rings is 1. The Balaban J connectivity index is 1.29. The second-order valence-corrected chi connectivity index (χ2v) is 10.5. The first kappa shape index (κ1) is 20.8. The predicted molar refractivity (Wildman–Crippen MR) is 127 cm³/mol. The van der Waals surface area contributed by atoms with E-state index in [9.17, 15) is 9.00 Å². The zero-order chi connectivity index (χ0) is 22.5. The van der Waals surface area contributed by atoms with Crippen molar-refractivity contribution in [2.24, 2.45) is 5.92 Å². The maximum atomic E-state index is 12.1. The Hall–Kier alpha value is -2.82. The number of carbonyl (C=O) groups is 1. The number of aromatic nitrogens is 3. The number of amides is 1. The number of likely N-dealkylation sites (tertiary alicyclic amines) is 1. The molecule has 1 saturated carbocycles. The molecule has 1 amide bonds. The molecule has 0 spiro atoms. The van der Waals surface area contributed by atoms with Crippen LogP contribution in [-0.4, -0.2) is 60.0 Å². The van der Waals surface area contributed by atoms with E-state index >= 15 is 0 Å². The van der Waals surface area contributed by atoms with Gasteiger partial charge in [0.05, 0.1) is 11.9 Å². The molecule has 1 atom stereocenters. The van der Waals surface area contributed by atoms with Gasteiger partial charge in [0.2, 0.25) is 5.91 Å². The molecule has 3 aliphatic rings. The third kappa shape index (κ3) is 3.81. The molecular formula is C23H27N7O2S. The van der Waals surface area contributed by atoms with E-state index in [1.807, 2.05) is 18.2 Å². The van der Waals surface area contributed by atoms with Crippen molar-refractivity contribution in [1.82, 2.24) is 28.5 Å². The van der Waals surface area contributed by atoms with E-state index < -0.39 is 11.2 Å². The third-order valence-corrected chi connectivity index (χ3v) is 8.19. The lowest BCUT2D eigenvalue weighted by Gasteiger charge is -2.42. The van der Waals surface area contributed by atoms with Crippen molar-refractivity contribution < 1.29 is 9.00 Å². The molecule has 0 bridgehead atoms. The summed E-state index contributed by atoms with van der Waals surface area (Å²) in [6, 6.07) is 8.50. The molecule has 3 aromatic rings. The number of rotatable bonds is 6. The second kappa shape index (κ2) is 8.19. The second-order valence-electron chi connectivity index (χ2n) is 9.33. The van der Waals surface area contributed by atoms with E-state index in [1.165, 1.54) is 32.4 Å². The number of anilines is 1. The average molecular weight is 466 g/mol. The minimum Gasteiger partial charge on any atom is -0.383 e. The van der Waals surface area contributed by atoms with Crippen LogP contribution in [-0.2, 0) is 22.5 Å². The van der Waals surface area contributed by atoms with Gasteiger partial charge in [0, 0.05) is 30.9 Å². The quantitative estimate of drug-likeness (QED) is 0.575. The molecule has 1 aliphatic carbocycles. The molecule has 2 aliphatic heterocycles. The average Bonchev–Trinajstić information content (AvgIpc) is 3.26. The van der Waals surface area contributed by atoms with Crippen LogP contribution < -0.4 is 10.5 Å². The van der Waals surface area contributed by atoms with E-state index in [4.69, 9.17) is 5.73 Å². The first-order valence-corrected chi connectivity index (χ1v) is 12.5. The zero-order valence-corrected chi connectivity index (χ0v) is 19.1. The number of nitrogens with two attached hydrogens (primary N) is 1. The number of hydrogen-bond donors (Lipinski definition) is 2. The summed E-state index contributed by atoms with van der Waals surface area (Å²) in [7, 11) is 0. The Morgan fingerprint density at radius 3 is 2.79 bits per heavy atom. The van der Waals surface area contributed by atoms with Crippen molar-refractivity contribution in [3.63, 3.8) is 0 Å². The number of nitrogen functional groups attached to an aromatic ring is 1. The standard InChI is InChI=1S/C23H27N7O2S/c24-22-21-19(17-4-1-3-15(7-17)11-29-13-20(31)27-33(29)32)12-30(23(21)26-14-25-22)18-8-16(9-18)10-28-5-2-6-28/h1,3-4,7,12,14,16,18H,2,5-6,8-11,13H2,(H,27,31)(H2,24,25,26). The smallest absolute Gasteiger partial charge is 0.247 e. The largest absolute Gasteiger partial charge is 0.383 e. The summed E-state index contributed by atoms with van der Waals surface area (Å²) >= 11 is -1.48. The minimum atomic E-state index is -1.48. The number of carbonyl (C=O) groups excluding carboxylic acids is 1. The fourth-order valence-corrected chi connectivity index (χ4v) is 6.07. The van der Waals surface area contributed by atoms with Crippen LogP contribution in [0.25, 0.3) is 22.2 Å². The summed E-state index contributed by atoms with van der Waals surface area (Å²) < 4.78 is 18.4. The lowest BCUT2D eigenvalue weighted by atomic mass is 9.79. The molecule has 9 nitrogen and oxygen atoms in total. The molecule has 10 heteroatoms. The van der Waals surface area contributed by atoms with Gasteiger partial charge in [-0.1, -0.05) is 18.2 Å². The molecular weight excluding hydrogens is 438 g/mol. The van der Waals surface area contributed by atoms with Gasteiger partial charge in [0.1, 0.15) is 17.8 Å². The number of nitrogens with zero attached hydrogens (tertiary/aromatic N) is 5. The highest BCUT2D eigenvalue weighted by Gasteiger charge is 2.34. The fraction of sp³-hybridized carbons (Fsp3) is 0.435. The molecule has 6 rings (SSSR count). The van der Waals surface area contributed by atoms with Gasteiger partial charge in [-0.15, -0.1) is 0 Å². The highest BCUT2D eigenvalue weighted by atomic mass is 32.2. The topological polar surface area (TPSA) is 109 Å². The molecule has 0 radical (unpaired) electrons. The summed E-state index contributed by atoms with van der Waals surface area (Å²) in [4.78, 5) is 22.9. The molecule has 3 fully saturated rings. The highest BCUT2D eigenvalue weighted by molar-refractivity contribution is 7.81. The highest BCUT2D eigenvalue weighted by Crippen LogP contribution is 2.43. The Labute approximate surface area is 194 Å². The van der Waals surface area contributed by atoms with Gasteiger partial charge >= 0.3 is 0 Å². The van der Waals surface area contributed by atoms with Crippen molar-refractivity contribution in [3.05, 3.63) is 42.4 Å². The normalized spacial score (nSPS) is 25.7. The van der Waals surface area contributed by atoms with E-state index in [1.54, 1.807) is 4.31 Å². The van der Waals surface area contributed by atoms with Crippen molar-refractivity contribution >= 4 is 33.9 Å². The summed E-state index contributed by atoms with van der Waals surface area (Å²) in [5.41, 5.74) is 10.2. The molecule has 1 unspecified atom stereocenters. The van der Waals surface area contributed by atoms with Crippen LogP contribution in [0.1, 0.15) is 30.9 Å². The maximum Gasteiger partial charge on any atom is 0.247 e. The predicted octanol–water partition coefficient (Wildman–Crippen LogP) is 1.85. The van der Waals surface area contributed by atoms with Crippen molar-refractivity contribution in [2.45, 2.75) is 31.8 Å². The van der Waals surface area contributed by atoms with Gasteiger partial charge in [0.25, 0.3) is 0 Å². The van der Waals surface area contributed by atoms with Crippen LogP contribution in [0.3, 0.4) is 0 Å². The van der Waals surface area contributed by atoms with Gasteiger partial charge in [-0.05, 0) is 55.5 Å². The lowest BCUT2D eigenvalue weighted by molar-refractivity contribution is -0.118. The van der Waals surface area contributed by atoms with Crippen LogP contribution in [0.2, 0.25) is 0 Å². The zero-order valence-electron chi connectivity index (χ0n) is 18.3. The van der Waals surface area contributed by atoms with Crippen LogP contribution >= 0.6 is 0 Å². The minimum absolute atomic E-state index is 0.136. The Bertz CT molecular complexity index is 1250. The molecule has 1 aromatic carbocycles. The Kier molecular flexibility index (Phi) is 5.16. The monoisotopic (exact) mass is 465 g/mol. The van der Waals surface area contributed by atoms with Gasteiger partial charge in [-0.25, -0.2) is 14.2 Å². The van der Waals surface area contributed by atoms with Crippen molar-refractivity contribution in [1.29, 1.82) is 0 Å². The van der Waals surface area contributed by atoms with Crippen LogP contribution in [0.5, 0.6) is 0 Å². The third-order valence-electron chi connectivity index (χ3n) is 7.06.